The van der Waals surface area contributed by atoms with Gasteiger partial charge in [0.1, 0.15) is 18.9 Å². The largest absolute Gasteiger partial charge is 0.491 e. The molecule has 0 saturated heterocycles. The predicted molar refractivity (Wildman–Crippen MR) is 139 cm³/mol. The van der Waals surface area contributed by atoms with Crippen LogP contribution in [0.2, 0.25) is 5.02 Å². The van der Waals surface area contributed by atoms with Crippen LogP contribution >= 0.6 is 22.9 Å². The normalized spacial score (nSPS) is 16.6. The van der Waals surface area contributed by atoms with Crippen molar-refractivity contribution in [2.45, 2.75) is 72.0 Å². The fourth-order valence-corrected chi connectivity index (χ4v) is 5.08. The highest BCUT2D eigenvalue weighted by molar-refractivity contribution is 7.10. The highest BCUT2D eigenvalue weighted by Gasteiger charge is 2.34. The summed E-state index contributed by atoms with van der Waals surface area (Å²) in [5, 5.41) is 5.77. The van der Waals surface area contributed by atoms with Crippen LogP contribution in [0.15, 0.2) is 29.6 Å². The Bertz CT molecular complexity index is 1020. The monoisotopic (exact) mass is 505 g/mol. The average Bonchev–Trinajstić information content (AvgIpc) is 3.25. The van der Waals surface area contributed by atoms with Gasteiger partial charge in [-0.15, -0.1) is 11.3 Å². The van der Waals surface area contributed by atoms with Crippen LogP contribution in [0, 0.1) is 6.92 Å². The van der Waals surface area contributed by atoms with Gasteiger partial charge in [-0.3, -0.25) is 4.79 Å². The Morgan fingerprint density at radius 1 is 1.32 bits per heavy atom. The first-order valence-electron chi connectivity index (χ1n) is 11.8. The molecule has 0 aliphatic carbocycles. The van der Waals surface area contributed by atoms with E-state index >= 15 is 0 Å². The molecule has 0 spiro atoms. The molecule has 1 N–H and O–H groups in total. The van der Waals surface area contributed by atoms with E-state index in [1.54, 1.807) is 16.2 Å². The van der Waals surface area contributed by atoms with Crippen molar-refractivity contribution in [3.8, 4) is 5.75 Å². The van der Waals surface area contributed by atoms with E-state index < -0.39 is 0 Å². The second kappa shape index (κ2) is 11.0. The smallest absolute Gasteiger partial charge is 0.318 e. The Kier molecular flexibility index (Phi) is 8.52. The van der Waals surface area contributed by atoms with Gasteiger partial charge in [-0.1, -0.05) is 18.5 Å². The molecule has 1 aromatic heterocycles. The van der Waals surface area contributed by atoms with Crippen LogP contribution in [-0.4, -0.2) is 53.0 Å². The highest BCUT2D eigenvalue weighted by Crippen LogP contribution is 2.34. The second-order valence-corrected chi connectivity index (χ2v) is 11.3. The molecule has 8 heteroatoms. The van der Waals surface area contributed by atoms with E-state index in [2.05, 4.69) is 16.8 Å². The number of carbonyl (C=O) groups excluding carboxylic acids is 2. The third-order valence-electron chi connectivity index (χ3n) is 6.12. The van der Waals surface area contributed by atoms with Gasteiger partial charge in [0.25, 0.3) is 0 Å². The number of halogens is 1. The number of ether oxygens (including phenoxy) is 1. The van der Waals surface area contributed by atoms with Crippen molar-refractivity contribution in [1.29, 1.82) is 0 Å². The maximum atomic E-state index is 13.6. The van der Waals surface area contributed by atoms with E-state index in [9.17, 15) is 9.59 Å². The number of aryl methyl sites for hydroxylation is 1. The van der Waals surface area contributed by atoms with E-state index in [-0.39, 0.29) is 36.1 Å². The summed E-state index contributed by atoms with van der Waals surface area (Å²) in [5.74, 6) is 0.657. The van der Waals surface area contributed by atoms with E-state index in [1.807, 2.05) is 64.6 Å². The van der Waals surface area contributed by atoms with Crippen molar-refractivity contribution in [2.75, 3.05) is 19.7 Å². The van der Waals surface area contributed by atoms with Gasteiger partial charge in [0.2, 0.25) is 5.91 Å². The summed E-state index contributed by atoms with van der Waals surface area (Å²) in [6, 6.07) is 7.19. The summed E-state index contributed by atoms with van der Waals surface area (Å²) in [6.45, 7) is 12.7. The maximum Gasteiger partial charge on any atom is 0.318 e. The molecule has 0 fully saturated rings. The average molecular weight is 506 g/mol. The van der Waals surface area contributed by atoms with Crippen LogP contribution in [0.4, 0.5) is 4.79 Å². The Balaban J connectivity index is 1.79. The molecular weight excluding hydrogens is 470 g/mol. The number of hydrogen-bond donors (Lipinski definition) is 1. The summed E-state index contributed by atoms with van der Waals surface area (Å²) in [5.41, 5.74) is 1.70. The molecule has 0 saturated carbocycles. The number of nitrogens with one attached hydrogen (secondary N) is 1. The summed E-state index contributed by atoms with van der Waals surface area (Å²) in [4.78, 5) is 31.4. The van der Waals surface area contributed by atoms with Crippen molar-refractivity contribution in [2.24, 2.45) is 0 Å². The number of amides is 3. The van der Waals surface area contributed by atoms with Crippen molar-refractivity contribution < 1.29 is 14.3 Å². The van der Waals surface area contributed by atoms with Gasteiger partial charge in [-0.05, 0) is 88.2 Å². The van der Waals surface area contributed by atoms with Crippen molar-refractivity contribution >= 4 is 34.9 Å². The number of nitrogens with zero attached hydrogens (tertiary/aromatic N) is 2. The Morgan fingerprint density at radius 2 is 2.06 bits per heavy atom. The van der Waals surface area contributed by atoms with E-state index in [1.165, 1.54) is 4.88 Å². The lowest BCUT2D eigenvalue weighted by molar-refractivity contribution is -0.136. The standard InChI is InChI=1S/C26H36ClN3O3S/c1-7-18(3)30(25(32)28-26(4,5)6)15-24(31)29-12-10-23-20(11-13-34-23)22(29)16-33-19-8-9-21(27)17(2)14-19/h8-9,11,13-14,18,22H,7,10,12,15-16H2,1-6H3,(H,28,32)/t18-,22-/m1/s1. The lowest BCUT2D eigenvalue weighted by atomic mass is 10.00. The quantitative estimate of drug-likeness (QED) is 0.515. The number of carbonyl (C=O) groups is 2. The summed E-state index contributed by atoms with van der Waals surface area (Å²) >= 11 is 7.87. The number of thiophene rings is 1. The molecular formula is C26H36ClN3O3S. The molecule has 2 atom stereocenters. The van der Waals surface area contributed by atoms with E-state index in [0.717, 1.165) is 29.7 Å². The molecule has 1 aliphatic rings. The van der Waals surface area contributed by atoms with Crippen LogP contribution in [0.25, 0.3) is 0 Å². The first-order chi connectivity index (χ1) is 16.0. The van der Waals surface area contributed by atoms with Gasteiger partial charge < -0.3 is 19.9 Å². The molecule has 3 amide bonds. The molecule has 2 aromatic rings. The van der Waals surface area contributed by atoms with Crippen LogP contribution < -0.4 is 10.1 Å². The number of urea groups is 1. The van der Waals surface area contributed by atoms with Gasteiger partial charge in [0, 0.05) is 28.0 Å². The maximum absolute atomic E-state index is 13.6. The Morgan fingerprint density at radius 3 is 2.71 bits per heavy atom. The molecule has 1 aliphatic heterocycles. The summed E-state index contributed by atoms with van der Waals surface area (Å²) < 4.78 is 6.13. The first kappa shape index (κ1) is 26.4. The summed E-state index contributed by atoms with van der Waals surface area (Å²) in [6.07, 6.45) is 1.58. The van der Waals surface area contributed by atoms with E-state index in [4.69, 9.17) is 16.3 Å². The minimum Gasteiger partial charge on any atom is -0.491 e. The zero-order chi connectivity index (χ0) is 25.0. The van der Waals surface area contributed by atoms with E-state index in [0.29, 0.717) is 18.2 Å². The molecule has 0 radical (unpaired) electrons. The molecule has 0 bridgehead atoms. The zero-order valence-electron chi connectivity index (χ0n) is 21.0. The third kappa shape index (κ3) is 6.45. The van der Waals surface area contributed by atoms with Crippen molar-refractivity contribution in [3.63, 3.8) is 0 Å². The third-order valence-corrected chi connectivity index (χ3v) is 7.54. The summed E-state index contributed by atoms with van der Waals surface area (Å²) in [7, 11) is 0. The van der Waals surface area contributed by atoms with Gasteiger partial charge in [-0.25, -0.2) is 4.79 Å². The van der Waals surface area contributed by atoms with Gasteiger partial charge in [0.15, 0.2) is 0 Å². The minimum absolute atomic E-state index is 0.0347. The molecule has 1 aromatic carbocycles. The van der Waals surface area contributed by atoms with Gasteiger partial charge in [0.05, 0.1) is 6.04 Å². The fourth-order valence-electron chi connectivity index (χ4n) is 4.03. The molecule has 0 unspecified atom stereocenters. The van der Waals surface area contributed by atoms with Crippen LogP contribution in [-0.2, 0) is 11.2 Å². The topological polar surface area (TPSA) is 61.9 Å². The molecule has 6 nitrogen and oxygen atoms in total. The minimum atomic E-state index is -0.379. The molecule has 186 valence electrons. The number of rotatable bonds is 7. The van der Waals surface area contributed by atoms with Gasteiger partial charge >= 0.3 is 6.03 Å². The molecule has 2 heterocycles. The number of fused-ring (bicyclic) bond motifs is 1. The number of hydrogen-bond acceptors (Lipinski definition) is 4. The molecule has 3 rings (SSSR count). The predicted octanol–water partition coefficient (Wildman–Crippen LogP) is 5.82. The zero-order valence-corrected chi connectivity index (χ0v) is 22.6. The van der Waals surface area contributed by atoms with Crippen LogP contribution in [0.3, 0.4) is 0 Å². The SMILES string of the molecule is CC[C@@H](C)N(CC(=O)N1CCc2sccc2[C@H]1COc1ccc(Cl)c(C)c1)C(=O)NC(C)(C)C. The first-order valence-corrected chi connectivity index (χ1v) is 13.1. The van der Waals surface area contributed by atoms with Crippen LogP contribution in [0.5, 0.6) is 5.75 Å². The molecule has 34 heavy (non-hydrogen) atoms. The Hall–Kier alpha value is -2.25. The van der Waals surface area contributed by atoms with Crippen LogP contribution in [0.1, 0.15) is 63.1 Å². The van der Waals surface area contributed by atoms with Gasteiger partial charge in [-0.2, -0.15) is 0 Å². The lowest BCUT2D eigenvalue weighted by Gasteiger charge is -2.38. The lowest BCUT2D eigenvalue weighted by Crippen LogP contribution is -2.55. The number of benzene rings is 1. The Labute approximate surface area is 212 Å². The second-order valence-electron chi connectivity index (χ2n) is 9.94. The van der Waals surface area contributed by atoms with Crippen molar-refractivity contribution in [1.82, 2.24) is 15.1 Å². The van der Waals surface area contributed by atoms with Crippen molar-refractivity contribution in [3.05, 3.63) is 50.7 Å². The fraction of sp³-hybridized carbons (Fsp3) is 0.538. The highest BCUT2D eigenvalue weighted by atomic mass is 35.5.